The Labute approximate surface area is 174 Å². The number of amides is 2. The number of nitrogens with zero attached hydrogens (tertiary/aromatic N) is 3. The number of anilines is 1. The number of thioether (sulfide) groups is 1. The van der Waals surface area contributed by atoms with Crippen LogP contribution < -0.4 is 5.32 Å². The molecular formula is C22H22N4O2S. The highest BCUT2D eigenvalue weighted by Crippen LogP contribution is 2.24. The predicted octanol–water partition coefficient (Wildman–Crippen LogP) is 3.88. The van der Waals surface area contributed by atoms with Crippen LogP contribution in [0.2, 0.25) is 0 Å². The molecule has 0 radical (unpaired) electrons. The number of aryl methyl sites for hydroxylation is 1. The molecule has 0 spiro atoms. The molecule has 29 heavy (non-hydrogen) atoms. The van der Waals surface area contributed by atoms with Crippen LogP contribution in [0.3, 0.4) is 0 Å². The lowest BCUT2D eigenvalue weighted by Gasteiger charge is -2.12. The summed E-state index contributed by atoms with van der Waals surface area (Å²) in [6, 6.07) is 16.5. The molecule has 3 aromatic rings. The van der Waals surface area contributed by atoms with Crippen molar-refractivity contribution >= 4 is 29.3 Å². The fourth-order valence-corrected chi connectivity index (χ4v) is 3.57. The van der Waals surface area contributed by atoms with Gasteiger partial charge in [-0.2, -0.15) is 0 Å². The molecule has 148 valence electrons. The monoisotopic (exact) mass is 406 g/mol. The van der Waals surface area contributed by atoms with Crippen molar-refractivity contribution in [3.63, 3.8) is 0 Å². The topological polar surface area (TPSA) is 75.2 Å². The molecule has 1 N–H and O–H groups in total. The molecule has 7 heteroatoms. The van der Waals surface area contributed by atoms with Crippen molar-refractivity contribution in [3.05, 3.63) is 72.1 Å². The van der Waals surface area contributed by atoms with Crippen LogP contribution in [-0.2, 0) is 4.79 Å². The Morgan fingerprint density at radius 2 is 1.76 bits per heavy atom. The molecule has 2 amide bonds. The number of aromatic nitrogens is 2. The maximum atomic E-state index is 12.8. The van der Waals surface area contributed by atoms with Crippen LogP contribution in [0.1, 0.15) is 16.1 Å². The van der Waals surface area contributed by atoms with Gasteiger partial charge in [0.25, 0.3) is 5.91 Å². The van der Waals surface area contributed by atoms with Gasteiger partial charge in [0.2, 0.25) is 5.91 Å². The van der Waals surface area contributed by atoms with Crippen molar-refractivity contribution in [3.8, 4) is 11.4 Å². The summed E-state index contributed by atoms with van der Waals surface area (Å²) in [6.07, 6.45) is 1.73. The van der Waals surface area contributed by atoms with Gasteiger partial charge in [-0.3, -0.25) is 9.59 Å². The van der Waals surface area contributed by atoms with E-state index in [9.17, 15) is 9.59 Å². The van der Waals surface area contributed by atoms with Crippen molar-refractivity contribution in [2.45, 2.75) is 11.8 Å². The quantitative estimate of drug-likeness (QED) is 0.629. The molecule has 0 aliphatic heterocycles. The van der Waals surface area contributed by atoms with Crippen molar-refractivity contribution < 1.29 is 9.59 Å². The Morgan fingerprint density at radius 1 is 1.03 bits per heavy atom. The van der Waals surface area contributed by atoms with E-state index in [1.54, 1.807) is 26.4 Å². The van der Waals surface area contributed by atoms with Gasteiger partial charge in [-0.05, 0) is 49.4 Å². The highest BCUT2D eigenvalue weighted by Gasteiger charge is 2.14. The zero-order valence-corrected chi connectivity index (χ0v) is 17.4. The van der Waals surface area contributed by atoms with Crippen LogP contribution in [0.15, 0.2) is 65.7 Å². The molecule has 1 heterocycles. The van der Waals surface area contributed by atoms with Gasteiger partial charge in [0, 0.05) is 42.1 Å². The Hall–Kier alpha value is -3.19. The molecule has 0 saturated heterocycles. The van der Waals surface area contributed by atoms with Crippen molar-refractivity contribution in [2.75, 3.05) is 25.2 Å². The largest absolute Gasteiger partial charge is 0.348 e. The summed E-state index contributed by atoms with van der Waals surface area (Å²) >= 11 is 1.35. The van der Waals surface area contributed by atoms with E-state index in [0.717, 1.165) is 16.2 Å². The first-order chi connectivity index (χ1) is 13.9. The molecule has 0 aliphatic carbocycles. The van der Waals surface area contributed by atoms with Crippen LogP contribution in [0.5, 0.6) is 0 Å². The zero-order valence-electron chi connectivity index (χ0n) is 16.5. The fraction of sp³-hybridized carbons (Fsp3) is 0.182. The van der Waals surface area contributed by atoms with Gasteiger partial charge in [0.05, 0.1) is 11.3 Å². The summed E-state index contributed by atoms with van der Waals surface area (Å²) in [6.45, 7) is 1.92. The lowest BCUT2D eigenvalue weighted by Crippen LogP contribution is -2.23. The average molecular weight is 407 g/mol. The van der Waals surface area contributed by atoms with E-state index in [1.807, 2.05) is 55.5 Å². The fourth-order valence-electron chi connectivity index (χ4n) is 2.54. The Kier molecular flexibility index (Phi) is 6.61. The number of benzene rings is 2. The maximum Gasteiger partial charge on any atom is 0.256 e. The first-order valence-corrected chi connectivity index (χ1v) is 10.1. The lowest BCUT2D eigenvalue weighted by molar-refractivity contribution is -0.125. The Bertz CT molecular complexity index is 1020. The third-order valence-electron chi connectivity index (χ3n) is 4.18. The number of rotatable bonds is 6. The van der Waals surface area contributed by atoms with Crippen LogP contribution >= 0.6 is 11.8 Å². The molecule has 6 nitrogen and oxygen atoms in total. The van der Waals surface area contributed by atoms with E-state index in [2.05, 4.69) is 15.3 Å². The zero-order chi connectivity index (χ0) is 20.8. The van der Waals surface area contributed by atoms with Gasteiger partial charge in [0.1, 0.15) is 0 Å². The standard InChI is InChI=1S/C22H22N4O2S/c1-15-12-13-23-21(24-15)16-8-10-17(11-9-16)25-22(28)18-6-4-5-7-19(18)29-14-20(27)26(2)3/h4-13H,14H2,1-3H3,(H,25,28). The summed E-state index contributed by atoms with van der Waals surface area (Å²) in [5.41, 5.74) is 2.99. The molecule has 0 aliphatic rings. The van der Waals surface area contributed by atoms with Crippen LogP contribution in [-0.4, -0.2) is 46.5 Å². The lowest BCUT2D eigenvalue weighted by atomic mass is 10.1. The molecule has 0 saturated carbocycles. The van der Waals surface area contributed by atoms with E-state index >= 15 is 0 Å². The van der Waals surface area contributed by atoms with Gasteiger partial charge in [-0.15, -0.1) is 11.8 Å². The maximum absolute atomic E-state index is 12.8. The molecule has 0 bridgehead atoms. The summed E-state index contributed by atoms with van der Waals surface area (Å²) < 4.78 is 0. The summed E-state index contributed by atoms with van der Waals surface area (Å²) in [4.78, 5) is 35.6. The number of carbonyl (C=O) groups excluding carboxylic acids is 2. The summed E-state index contributed by atoms with van der Waals surface area (Å²) in [5.74, 6) is 0.710. The highest BCUT2D eigenvalue weighted by molar-refractivity contribution is 8.00. The number of hydrogen-bond donors (Lipinski definition) is 1. The van der Waals surface area contributed by atoms with Gasteiger partial charge >= 0.3 is 0 Å². The number of hydrogen-bond acceptors (Lipinski definition) is 5. The first-order valence-electron chi connectivity index (χ1n) is 9.07. The number of nitrogens with one attached hydrogen (secondary N) is 1. The van der Waals surface area contributed by atoms with Gasteiger partial charge < -0.3 is 10.2 Å². The second-order valence-electron chi connectivity index (χ2n) is 6.63. The van der Waals surface area contributed by atoms with E-state index in [0.29, 0.717) is 17.1 Å². The molecule has 3 rings (SSSR count). The minimum atomic E-state index is -0.218. The minimum absolute atomic E-state index is 0.000771. The highest BCUT2D eigenvalue weighted by atomic mass is 32.2. The Morgan fingerprint density at radius 3 is 2.45 bits per heavy atom. The van der Waals surface area contributed by atoms with Gasteiger partial charge in [-0.1, -0.05) is 12.1 Å². The van der Waals surface area contributed by atoms with Crippen LogP contribution in [0, 0.1) is 6.92 Å². The first kappa shape index (κ1) is 20.5. The van der Waals surface area contributed by atoms with Crippen molar-refractivity contribution in [2.24, 2.45) is 0 Å². The van der Waals surface area contributed by atoms with Crippen LogP contribution in [0.25, 0.3) is 11.4 Å². The average Bonchev–Trinajstić information content (AvgIpc) is 2.72. The third kappa shape index (κ3) is 5.42. The van der Waals surface area contributed by atoms with E-state index < -0.39 is 0 Å². The second-order valence-corrected chi connectivity index (χ2v) is 7.64. The Balaban J connectivity index is 1.71. The third-order valence-corrected chi connectivity index (χ3v) is 5.24. The van der Waals surface area contributed by atoms with Gasteiger partial charge in [0.15, 0.2) is 5.82 Å². The predicted molar refractivity (Wildman–Crippen MR) is 116 cm³/mol. The van der Waals surface area contributed by atoms with Gasteiger partial charge in [-0.25, -0.2) is 9.97 Å². The van der Waals surface area contributed by atoms with E-state index in [1.165, 1.54) is 16.7 Å². The van der Waals surface area contributed by atoms with E-state index in [4.69, 9.17) is 0 Å². The molecule has 0 unspecified atom stereocenters. The van der Waals surface area contributed by atoms with E-state index in [-0.39, 0.29) is 17.6 Å². The van der Waals surface area contributed by atoms with Crippen molar-refractivity contribution in [1.82, 2.24) is 14.9 Å². The molecular weight excluding hydrogens is 384 g/mol. The van der Waals surface area contributed by atoms with Crippen LogP contribution in [0.4, 0.5) is 5.69 Å². The number of carbonyl (C=O) groups is 2. The summed E-state index contributed by atoms with van der Waals surface area (Å²) in [7, 11) is 3.43. The smallest absolute Gasteiger partial charge is 0.256 e. The normalized spacial score (nSPS) is 10.4. The second kappa shape index (κ2) is 9.34. The molecule has 0 atom stereocenters. The van der Waals surface area contributed by atoms with Crippen molar-refractivity contribution in [1.29, 1.82) is 0 Å². The molecule has 1 aromatic heterocycles. The SMILES string of the molecule is Cc1ccnc(-c2ccc(NC(=O)c3ccccc3SCC(=O)N(C)C)cc2)n1. The minimum Gasteiger partial charge on any atom is -0.348 e. The summed E-state index contributed by atoms with van der Waals surface area (Å²) in [5, 5.41) is 2.91. The molecule has 0 fully saturated rings. The molecule has 2 aromatic carbocycles.